The van der Waals surface area contributed by atoms with Crippen LogP contribution in [0.5, 0.6) is 11.5 Å². The molecule has 1 amide bonds. The predicted octanol–water partition coefficient (Wildman–Crippen LogP) is 4.75. The number of benzene rings is 2. The highest BCUT2D eigenvalue weighted by Crippen LogP contribution is 2.30. The first-order valence-electron chi connectivity index (χ1n) is 8.37. The van der Waals surface area contributed by atoms with E-state index in [1.54, 1.807) is 48.1 Å². The number of nitrogens with zero attached hydrogens (tertiary/aromatic N) is 3. The fraction of sp³-hybridized carbons (Fsp3) is 0.158. The van der Waals surface area contributed by atoms with Crippen molar-refractivity contribution in [3.63, 3.8) is 0 Å². The third kappa shape index (κ3) is 4.47. The highest BCUT2D eigenvalue weighted by atomic mass is 35.5. The van der Waals surface area contributed by atoms with Gasteiger partial charge >= 0.3 is 0 Å². The second-order valence-corrected chi connectivity index (χ2v) is 6.55. The van der Waals surface area contributed by atoms with E-state index in [0.29, 0.717) is 10.8 Å². The van der Waals surface area contributed by atoms with Gasteiger partial charge in [-0.15, -0.1) is 0 Å². The maximum absolute atomic E-state index is 12.6. The molecule has 0 fully saturated rings. The Kier molecular flexibility index (Phi) is 5.60. The monoisotopic (exact) mass is 400 g/mol. The van der Waals surface area contributed by atoms with Crippen LogP contribution in [0.4, 0.5) is 11.4 Å². The Bertz CT molecular complexity index is 1020. The molecule has 0 saturated heterocycles. The molecule has 9 heteroatoms. The number of ether oxygens (including phenoxy) is 1. The van der Waals surface area contributed by atoms with Crippen LogP contribution in [-0.4, -0.2) is 20.6 Å². The number of amides is 1. The van der Waals surface area contributed by atoms with Gasteiger partial charge in [-0.1, -0.05) is 11.6 Å². The van der Waals surface area contributed by atoms with Gasteiger partial charge in [0.05, 0.1) is 16.7 Å². The van der Waals surface area contributed by atoms with E-state index in [4.69, 9.17) is 16.3 Å². The van der Waals surface area contributed by atoms with Gasteiger partial charge in [0.25, 0.3) is 5.69 Å². The first-order valence-corrected chi connectivity index (χ1v) is 8.75. The van der Waals surface area contributed by atoms with Crippen molar-refractivity contribution in [3.8, 4) is 11.5 Å². The van der Waals surface area contributed by atoms with Crippen LogP contribution in [0.15, 0.2) is 54.7 Å². The van der Waals surface area contributed by atoms with Crippen LogP contribution in [0.1, 0.15) is 18.7 Å². The molecule has 3 aromatic rings. The first kappa shape index (κ1) is 19.4. The van der Waals surface area contributed by atoms with Gasteiger partial charge in [-0.3, -0.25) is 19.6 Å². The Morgan fingerprint density at radius 2 is 1.93 bits per heavy atom. The molecule has 0 aliphatic carbocycles. The lowest BCUT2D eigenvalue weighted by Crippen LogP contribution is -2.25. The smallest absolute Gasteiger partial charge is 0.275 e. The minimum atomic E-state index is -0.588. The molecule has 1 heterocycles. The van der Waals surface area contributed by atoms with Crippen LogP contribution in [0.25, 0.3) is 0 Å². The summed E-state index contributed by atoms with van der Waals surface area (Å²) < 4.78 is 7.23. The molecule has 2 aromatic carbocycles. The topological polar surface area (TPSA) is 99.3 Å². The lowest BCUT2D eigenvalue weighted by Gasteiger charge is -2.15. The predicted molar refractivity (Wildman–Crippen MR) is 105 cm³/mol. The molecule has 0 saturated carbocycles. The number of anilines is 1. The summed E-state index contributed by atoms with van der Waals surface area (Å²) in [4.78, 5) is 23.3. The second-order valence-electron chi connectivity index (χ2n) is 6.11. The summed E-state index contributed by atoms with van der Waals surface area (Å²) in [6, 6.07) is 11.8. The zero-order chi connectivity index (χ0) is 20.3. The Labute approximate surface area is 165 Å². The zero-order valence-electron chi connectivity index (χ0n) is 15.1. The SMILES string of the molecule is Cc1ccnn1C(C)C(=O)Nc1cc(Oc2ccc(Cl)cc2)cc([N+](=O)[O-])c1. The van der Waals surface area contributed by atoms with Gasteiger partial charge in [0.15, 0.2) is 0 Å². The van der Waals surface area contributed by atoms with Crippen molar-refractivity contribution < 1.29 is 14.5 Å². The van der Waals surface area contributed by atoms with E-state index in [1.165, 1.54) is 18.2 Å². The minimum absolute atomic E-state index is 0.204. The Hall–Kier alpha value is -3.39. The van der Waals surface area contributed by atoms with E-state index < -0.39 is 11.0 Å². The van der Waals surface area contributed by atoms with E-state index in [-0.39, 0.29) is 23.0 Å². The van der Waals surface area contributed by atoms with Crippen molar-refractivity contribution in [3.05, 3.63) is 75.6 Å². The van der Waals surface area contributed by atoms with Crippen LogP contribution < -0.4 is 10.1 Å². The van der Waals surface area contributed by atoms with Crippen LogP contribution in [0.2, 0.25) is 5.02 Å². The number of aryl methyl sites for hydroxylation is 1. The number of nitrogens with one attached hydrogen (secondary N) is 1. The normalized spacial score (nSPS) is 11.7. The lowest BCUT2D eigenvalue weighted by atomic mass is 10.2. The van der Waals surface area contributed by atoms with Crippen molar-refractivity contribution in [2.75, 3.05) is 5.32 Å². The Morgan fingerprint density at radius 1 is 1.21 bits per heavy atom. The van der Waals surface area contributed by atoms with Gasteiger partial charge in [0.2, 0.25) is 5.91 Å². The molecule has 0 spiro atoms. The molecule has 0 radical (unpaired) electrons. The number of non-ortho nitro benzene ring substituents is 1. The van der Waals surface area contributed by atoms with Crippen molar-refractivity contribution in [1.82, 2.24) is 9.78 Å². The van der Waals surface area contributed by atoms with E-state index in [9.17, 15) is 14.9 Å². The fourth-order valence-electron chi connectivity index (χ4n) is 2.60. The van der Waals surface area contributed by atoms with Crippen LogP contribution in [0, 0.1) is 17.0 Å². The number of aromatic nitrogens is 2. The van der Waals surface area contributed by atoms with Crippen molar-refractivity contribution in [2.45, 2.75) is 19.9 Å². The number of nitro benzene ring substituents is 1. The summed E-state index contributed by atoms with van der Waals surface area (Å²) in [5, 5.41) is 18.6. The molecule has 8 nitrogen and oxygen atoms in total. The summed E-state index contributed by atoms with van der Waals surface area (Å²) in [7, 11) is 0. The van der Waals surface area contributed by atoms with Gasteiger partial charge < -0.3 is 10.1 Å². The van der Waals surface area contributed by atoms with Crippen molar-refractivity contribution in [1.29, 1.82) is 0 Å². The molecule has 0 aliphatic rings. The standard InChI is InChI=1S/C19H17ClN4O4/c1-12-7-8-21-23(12)13(2)19(25)22-15-9-16(24(26)27)11-18(10-15)28-17-5-3-14(20)4-6-17/h3-11,13H,1-2H3,(H,22,25). The van der Waals surface area contributed by atoms with Crippen molar-refractivity contribution in [2.24, 2.45) is 0 Å². The quantitative estimate of drug-likeness (QED) is 0.475. The Morgan fingerprint density at radius 3 is 2.54 bits per heavy atom. The molecule has 0 aliphatic heterocycles. The number of carbonyl (C=O) groups is 1. The summed E-state index contributed by atoms with van der Waals surface area (Å²) >= 11 is 5.85. The van der Waals surface area contributed by atoms with Crippen molar-refractivity contribution >= 4 is 28.9 Å². The van der Waals surface area contributed by atoms with Crippen LogP contribution in [-0.2, 0) is 4.79 Å². The minimum Gasteiger partial charge on any atom is -0.457 e. The molecule has 3 rings (SSSR count). The van der Waals surface area contributed by atoms with Gasteiger partial charge in [-0.25, -0.2) is 0 Å². The zero-order valence-corrected chi connectivity index (χ0v) is 15.9. The van der Waals surface area contributed by atoms with E-state index in [1.807, 2.05) is 6.92 Å². The number of carbonyl (C=O) groups excluding carboxylic acids is 1. The second kappa shape index (κ2) is 8.10. The van der Waals surface area contributed by atoms with Gasteiger partial charge in [-0.2, -0.15) is 5.10 Å². The lowest BCUT2D eigenvalue weighted by molar-refractivity contribution is -0.384. The molecule has 28 heavy (non-hydrogen) atoms. The van der Waals surface area contributed by atoms with E-state index in [0.717, 1.165) is 5.69 Å². The maximum atomic E-state index is 12.6. The molecule has 1 unspecified atom stereocenters. The van der Waals surface area contributed by atoms with E-state index in [2.05, 4.69) is 10.4 Å². The third-order valence-electron chi connectivity index (χ3n) is 4.03. The summed E-state index contributed by atoms with van der Waals surface area (Å²) in [5.74, 6) is 0.321. The summed E-state index contributed by atoms with van der Waals surface area (Å²) in [6.45, 7) is 3.53. The van der Waals surface area contributed by atoms with E-state index >= 15 is 0 Å². The fourth-order valence-corrected chi connectivity index (χ4v) is 2.73. The van der Waals surface area contributed by atoms with Gasteiger partial charge in [-0.05, 0) is 44.2 Å². The van der Waals surface area contributed by atoms with Gasteiger partial charge in [0.1, 0.15) is 17.5 Å². The average molecular weight is 401 g/mol. The number of hydrogen-bond acceptors (Lipinski definition) is 5. The highest BCUT2D eigenvalue weighted by molar-refractivity contribution is 6.30. The molecule has 1 atom stereocenters. The summed E-state index contributed by atoms with van der Waals surface area (Å²) in [6.07, 6.45) is 1.60. The molecule has 1 aromatic heterocycles. The number of hydrogen-bond donors (Lipinski definition) is 1. The average Bonchev–Trinajstić information content (AvgIpc) is 3.08. The summed E-state index contributed by atoms with van der Waals surface area (Å²) in [5.41, 5.74) is 0.873. The molecule has 1 N–H and O–H groups in total. The van der Waals surface area contributed by atoms with Gasteiger partial charge in [0, 0.05) is 29.0 Å². The number of nitro groups is 1. The third-order valence-corrected chi connectivity index (χ3v) is 4.29. The van der Waals surface area contributed by atoms with Crippen LogP contribution >= 0.6 is 11.6 Å². The maximum Gasteiger partial charge on any atom is 0.275 e. The molecular weight excluding hydrogens is 384 g/mol. The first-order chi connectivity index (χ1) is 13.3. The number of halogens is 1. The van der Waals surface area contributed by atoms with Crippen LogP contribution in [0.3, 0.4) is 0 Å². The molecule has 0 bridgehead atoms. The Balaban J connectivity index is 1.84. The highest BCUT2D eigenvalue weighted by Gasteiger charge is 2.19. The largest absolute Gasteiger partial charge is 0.457 e. The molecular formula is C19H17ClN4O4. The molecule has 144 valence electrons. The number of rotatable bonds is 6.